The third kappa shape index (κ3) is 11.0. The zero-order valence-corrected chi connectivity index (χ0v) is 29.5. The van der Waals surface area contributed by atoms with Crippen molar-refractivity contribution in [1.82, 2.24) is 16.0 Å². The third-order valence-electron chi connectivity index (χ3n) is 9.07. The smallest absolute Gasteiger partial charge is 0.217 e. The number of carbonyl (C=O) groups is 3. The molecule has 0 spiro atoms. The molecule has 24 heteroatoms. The number of carbonyl (C=O) groups excluding carboxylic acids is 3. The van der Waals surface area contributed by atoms with Crippen LogP contribution in [0.5, 0.6) is 0 Å². The average Bonchev–Trinajstić information content (AvgIpc) is 3.12. The largest absolute Gasteiger partial charge is 0.394 e. The molecule has 0 unspecified atom stereocenters. The van der Waals surface area contributed by atoms with Crippen molar-refractivity contribution in [3.63, 3.8) is 0 Å². The monoisotopic (exact) mass is 791 g/mol. The van der Waals surface area contributed by atoms with Gasteiger partial charge in [0.15, 0.2) is 18.9 Å². The van der Waals surface area contributed by atoms with E-state index in [-0.39, 0.29) is 0 Å². The van der Waals surface area contributed by atoms with Gasteiger partial charge in [0.2, 0.25) is 17.7 Å². The van der Waals surface area contributed by atoms with E-state index in [0.717, 1.165) is 20.8 Å². The van der Waals surface area contributed by atoms with Crippen molar-refractivity contribution in [3.8, 4) is 0 Å². The van der Waals surface area contributed by atoms with E-state index in [1.807, 2.05) is 0 Å². The van der Waals surface area contributed by atoms with Crippen LogP contribution in [-0.2, 0) is 42.8 Å². The highest BCUT2D eigenvalue weighted by molar-refractivity contribution is 5.74. The number of aliphatic hydroxyl groups excluding tert-OH is 12. The minimum atomic E-state index is -2.11. The van der Waals surface area contributed by atoms with Crippen molar-refractivity contribution in [2.75, 3.05) is 33.0 Å². The highest BCUT2D eigenvalue weighted by Gasteiger charge is 2.55. The van der Waals surface area contributed by atoms with E-state index in [9.17, 15) is 75.7 Å². The van der Waals surface area contributed by atoms with E-state index < -0.39 is 167 Å². The fourth-order valence-electron chi connectivity index (χ4n) is 6.35. The van der Waals surface area contributed by atoms with Crippen LogP contribution in [-0.4, -0.2) is 228 Å². The summed E-state index contributed by atoms with van der Waals surface area (Å²) in [6.07, 6.45) is -28.9. The maximum absolute atomic E-state index is 12.3. The summed E-state index contributed by atoms with van der Waals surface area (Å²) in [6.45, 7) is -1.42. The van der Waals surface area contributed by atoms with Gasteiger partial charge in [0, 0.05) is 20.8 Å². The molecule has 3 saturated heterocycles. The number of hydrogen-bond donors (Lipinski definition) is 15. The molecule has 3 aliphatic heterocycles. The predicted octanol–water partition coefficient (Wildman–Crippen LogP) is -9.68. The summed E-state index contributed by atoms with van der Waals surface area (Å²) in [4.78, 5) is 36.0. The number of hydrogen-bond acceptors (Lipinski definition) is 21. The van der Waals surface area contributed by atoms with Gasteiger partial charge in [0.05, 0.1) is 39.1 Å². The van der Waals surface area contributed by atoms with Crippen molar-refractivity contribution in [2.24, 2.45) is 0 Å². The van der Waals surface area contributed by atoms with Gasteiger partial charge in [-0.05, 0) is 0 Å². The Morgan fingerprint density at radius 1 is 0.593 bits per heavy atom. The van der Waals surface area contributed by atoms with Crippen molar-refractivity contribution >= 4 is 17.7 Å². The standard InChI is InChI=1S/C30H53N3O21/c1-9(39)31-12(4-34)25(19(43)13(42)5-35)52-30-24(48)27(21(45)15(7-37)50-30)54-29-18(33-11(3)41)23(47)26(16(8-38)51-29)53-28-17(32-10(2)40)22(46)20(44)14(6-36)49-28/h12-30,34-38,42-48H,4-8H2,1-3H3,(H,31,39)(H,32,40)(H,33,41)/t12-,13+,14+,15+,16+,17+,18+,19-,20-,21-,22+,23+,24+,25+,26+,27-,28-,29-,30-/m0/s1. The van der Waals surface area contributed by atoms with Crippen molar-refractivity contribution in [1.29, 1.82) is 0 Å². The normalized spacial score (nSPS) is 39.5. The van der Waals surface area contributed by atoms with Gasteiger partial charge in [-0.3, -0.25) is 14.4 Å². The Balaban J connectivity index is 1.94. The molecule has 0 radical (unpaired) electrons. The van der Waals surface area contributed by atoms with Crippen LogP contribution >= 0.6 is 0 Å². The van der Waals surface area contributed by atoms with Crippen LogP contribution in [0.3, 0.4) is 0 Å². The van der Waals surface area contributed by atoms with E-state index in [1.165, 1.54) is 0 Å². The highest BCUT2D eigenvalue weighted by atomic mass is 16.8. The van der Waals surface area contributed by atoms with Crippen molar-refractivity contribution in [3.05, 3.63) is 0 Å². The maximum Gasteiger partial charge on any atom is 0.217 e. The molecule has 0 aromatic heterocycles. The Morgan fingerprint density at radius 3 is 1.56 bits per heavy atom. The molecule has 24 nitrogen and oxygen atoms in total. The number of nitrogens with one attached hydrogen (secondary N) is 3. The lowest BCUT2D eigenvalue weighted by Crippen LogP contribution is -2.70. The summed E-state index contributed by atoms with van der Waals surface area (Å²) in [5.74, 6) is -2.20. The third-order valence-corrected chi connectivity index (χ3v) is 9.07. The number of rotatable bonds is 17. The molecule has 3 heterocycles. The lowest BCUT2D eigenvalue weighted by molar-refractivity contribution is -0.367. The molecule has 54 heavy (non-hydrogen) atoms. The van der Waals surface area contributed by atoms with Gasteiger partial charge in [-0.25, -0.2) is 0 Å². The number of ether oxygens (including phenoxy) is 6. The second kappa shape index (κ2) is 20.7. The lowest BCUT2D eigenvalue weighted by atomic mass is 9.94. The molecule has 0 aliphatic carbocycles. The summed E-state index contributed by atoms with van der Waals surface area (Å²) in [7, 11) is 0. The number of aliphatic hydroxyl groups is 12. The fourth-order valence-corrected chi connectivity index (χ4v) is 6.35. The van der Waals surface area contributed by atoms with Crippen molar-refractivity contribution in [2.45, 2.75) is 137 Å². The minimum absolute atomic E-state index is 0.695. The molecule has 0 aromatic carbocycles. The van der Waals surface area contributed by atoms with E-state index in [0.29, 0.717) is 0 Å². The molecule has 0 bridgehead atoms. The molecule has 3 rings (SSSR count). The van der Waals surface area contributed by atoms with Crippen LogP contribution in [0.25, 0.3) is 0 Å². The SMILES string of the molecule is CC(=O)N[C@H]1[C@H](O[C@H]2[C@@H](O)[C@@H](CO)O[C@@H](O[C@@H]([C@@H](O)[C@H](O)CO)[C@H](CO)NC(C)=O)[C@@H]2O)O[C@H](CO)[C@@H](O[C@@H]2O[C@H](CO)[C@H](O)[C@H](O)[C@H]2NC(C)=O)[C@@H]1O. The van der Waals surface area contributed by atoms with Gasteiger partial charge in [0.25, 0.3) is 0 Å². The van der Waals surface area contributed by atoms with Crippen LogP contribution in [0.1, 0.15) is 20.8 Å². The summed E-state index contributed by atoms with van der Waals surface area (Å²) in [5, 5.41) is 132. The van der Waals surface area contributed by atoms with Crippen LogP contribution in [0.4, 0.5) is 0 Å². The topological polar surface area (TPSA) is 385 Å². The summed E-state index contributed by atoms with van der Waals surface area (Å²) in [5.41, 5.74) is 0. The van der Waals surface area contributed by atoms with Crippen LogP contribution < -0.4 is 16.0 Å². The zero-order chi connectivity index (χ0) is 40.6. The van der Waals surface area contributed by atoms with Gasteiger partial charge >= 0.3 is 0 Å². The molecule has 0 aromatic rings. The first-order valence-electron chi connectivity index (χ1n) is 17.0. The van der Waals surface area contributed by atoms with Crippen molar-refractivity contribution < 1.29 is 104 Å². The first-order valence-corrected chi connectivity index (χ1v) is 17.0. The molecular formula is C30H53N3O21. The Morgan fingerprint density at radius 2 is 1.07 bits per heavy atom. The summed E-state index contributed by atoms with van der Waals surface area (Å²) >= 11 is 0. The predicted molar refractivity (Wildman–Crippen MR) is 171 cm³/mol. The number of amides is 3. The molecule has 0 saturated carbocycles. The first kappa shape index (κ1) is 46.1. The van der Waals surface area contributed by atoms with Crippen LogP contribution in [0.2, 0.25) is 0 Å². The Hall–Kier alpha value is -2.31. The maximum atomic E-state index is 12.3. The quantitative estimate of drug-likeness (QED) is 0.0650. The van der Waals surface area contributed by atoms with Gasteiger partial charge in [0.1, 0.15) is 91.4 Å². The second-order valence-electron chi connectivity index (χ2n) is 13.1. The lowest BCUT2D eigenvalue weighted by Gasteiger charge is -2.50. The van der Waals surface area contributed by atoms with E-state index in [4.69, 9.17) is 28.4 Å². The van der Waals surface area contributed by atoms with E-state index in [1.54, 1.807) is 0 Å². The molecular weight excluding hydrogens is 738 g/mol. The Bertz CT molecular complexity index is 1210. The molecule has 15 N–H and O–H groups in total. The van der Waals surface area contributed by atoms with Gasteiger partial charge in [-0.1, -0.05) is 0 Å². The molecule has 19 atom stereocenters. The summed E-state index contributed by atoms with van der Waals surface area (Å²) < 4.78 is 34.3. The molecule has 3 aliphatic rings. The minimum Gasteiger partial charge on any atom is -0.394 e. The molecule has 3 fully saturated rings. The van der Waals surface area contributed by atoms with Gasteiger partial charge < -0.3 is 106 Å². The van der Waals surface area contributed by atoms with E-state index in [2.05, 4.69) is 16.0 Å². The zero-order valence-electron chi connectivity index (χ0n) is 29.5. The second-order valence-corrected chi connectivity index (χ2v) is 13.1. The van der Waals surface area contributed by atoms with Crippen LogP contribution in [0.15, 0.2) is 0 Å². The summed E-state index contributed by atoms with van der Waals surface area (Å²) in [6, 6.07) is -4.63. The fraction of sp³-hybridized carbons (Fsp3) is 0.900. The van der Waals surface area contributed by atoms with E-state index >= 15 is 0 Å². The molecule has 314 valence electrons. The molecule has 3 amide bonds. The Kier molecular flexibility index (Phi) is 17.7. The van der Waals surface area contributed by atoms with Gasteiger partial charge in [-0.15, -0.1) is 0 Å². The van der Waals surface area contributed by atoms with Gasteiger partial charge in [-0.2, -0.15) is 0 Å². The Labute approximate surface area is 308 Å². The highest BCUT2D eigenvalue weighted by Crippen LogP contribution is 2.33. The average molecular weight is 792 g/mol. The van der Waals surface area contributed by atoms with Crippen LogP contribution in [0, 0.1) is 0 Å². The first-order chi connectivity index (χ1) is 25.4.